The molecule has 2 rings (SSSR count). The second-order valence-electron chi connectivity index (χ2n) is 4.25. The summed E-state index contributed by atoms with van der Waals surface area (Å²) < 4.78 is 17.8. The molecule has 5 nitrogen and oxygen atoms in total. The second kappa shape index (κ2) is 5.89. The fourth-order valence-electron chi connectivity index (χ4n) is 2.09. The lowest BCUT2D eigenvalue weighted by atomic mass is 9.85. The third-order valence-corrected chi connectivity index (χ3v) is 3.94. The zero-order valence-electron chi connectivity index (χ0n) is 11.1. The first-order valence-corrected chi connectivity index (χ1v) is 6.72. The molecule has 1 atom stereocenters. The molecule has 0 aromatic heterocycles. The van der Waals surface area contributed by atoms with Crippen LogP contribution in [-0.2, 0) is 9.53 Å². The van der Waals surface area contributed by atoms with E-state index in [0.717, 1.165) is 11.8 Å². The molecule has 108 valence electrons. The van der Waals surface area contributed by atoms with Crippen molar-refractivity contribution < 1.29 is 13.9 Å². The molecule has 0 spiro atoms. The fourth-order valence-corrected chi connectivity index (χ4v) is 2.92. The molecule has 0 aliphatic carbocycles. The smallest absolute Gasteiger partial charge is 0.337 e. The van der Waals surface area contributed by atoms with E-state index in [4.69, 9.17) is 16.2 Å². The number of carbonyl (C=O) groups excluding carboxylic acids is 1. The summed E-state index contributed by atoms with van der Waals surface area (Å²) in [7, 11) is 1.22. The number of ether oxygens (including phenoxy) is 1. The van der Waals surface area contributed by atoms with E-state index < -0.39 is 17.7 Å². The Morgan fingerprint density at radius 2 is 1.95 bits per heavy atom. The number of esters is 1. The number of carbonyl (C=O) groups is 1. The summed E-state index contributed by atoms with van der Waals surface area (Å²) in [4.78, 5) is 12.0. The van der Waals surface area contributed by atoms with E-state index in [1.54, 1.807) is 0 Å². The zero-order chi connectivity index (χ0) is 15.6. The van der Waals surface area contributed by atoms with Crippen molar-refractivity contribution in [2.45, 2.75) is 5.92 Å². The lowest BCUT2D eigenvalue weighted by Gasteiger charge is -2.25. The number of methoxy groups -OCH3 is 1. The molecule has 0 radical (unpaired) electrons. The van der Waals surface area contributed by atoms with E-state index in [0.29, 0.717) is 5.56 Å². The Hall–Kier alpha value is -2.46. The number of thioether (sulfide) groups is 1. The van der Waals surface area contributed by atoms with Gasteiger partial charge in [-0.2, -0.15) is 5.26 Å². The maximum atomic E-state index is 13.1. The molecule has 1 aromatic carbocycles. The molecule has 4 N–H and O–H groups in total. The summed E-state index contributed by atoms with van der Waals surface area (Å²) in [6.45, 7) is 0. The van der Waals surface area contributed by atoms with Crippen LogP contribution < -0.4 is 11.5 Å². The molecule has 0 saturated carbocycles. The number of hydrogen-bond acceptors (Lipinski definition) is 6. The van der Waals surface area contributed by atoms with Crippen LogP contribution in [0.4, 0.5) is 4.39 Å². The lowest BCUT2D eigenvalue weighted by Crippen LogP contribution is -2.24. The minimum absolute atomic E-state index is 0.139. The minimum atomic E-state index is -0.760. The van der Waals surface area contributed by atoms with Gasteiger partial charge in [-0.3, -0.25) is 0 Å². The molecule has 1 aromatic rings. The predicted molar refractivity (Wildman–Crippen MR) is 76.8 cm³/mol. The highest BCUT2D eigenvalue weighted by Gasteiger charge is 2.35. The van der Waals surface area contributed by atoms with Crippen molar-refractivity contribution in [2.24, 2.45) is 11.5 Å². The summed E-state index contributed by atoms with van der Waals surface area (Å²) >= 11 is 0.945. The van der Waals surface area contributed by atoms with Crippen LogP contribution in [0, 0.1) is 17.1 Å². The van der Waals surface area contributed by atoms with Crippen molar-refractivity contribution in [3.05, 3.63) is 56.9 Å². The second-order valence-corrected chi connectivity index (χ2v) is 5.33. The molecule has 0 fully saturated rings. The van der Waals surface area contributed by atoms with Crippen LogP contribution in [0.25, 0.3) is 0 Å². The number of benzene rings is 1. The van der Waals surface area contributed by atoms with Gasteiger partial charge in [0.15, 0.2) is 0 Å². The van der Waals surface area contributed by atoms with Crippen molar-refractivity contribution in [1.82, 2.24) is 0 Å². The number of nitrogens with zero attached hydrogens (tertiary/aromatic N) is 1. The molecule has 1 aliphatic heterocycles. The van der Waals surface area contributed by atoms with Crippen LogP contribution in [-0.4, -0.2) is 13.1 Å². The number of allylic oxidation sites excluding steroid dienone is 1. The SMILES string of the molecule is COC(=O)C1=C(N)SC(N)=C(C#N)[C@@H]1c1ccc(F)cc1. The Labute approximate surface area is 125 Å². The Morgan fingerprint density at radius 1 is 1.33 bits per heavy atom. The Bertz CT molecular complexity index is 689. The number of hydrogen-bond donors (Lipinski definition) is 2. The van der Waals surface area contributed by atoms with Gasteiger partial charge in [-0.15, -0.1) is 0 Å². The van der Waals surface area contributed by atoms with Gasteiger partial charge in [-0.1, -0.05) is 23.9 Å². The zero-order valence-corrected chi connectivity index (χ0v) is 11.9. The van der Waals surface area contributed by atoms with Crippen LogP contribution in [0.5, 0.6) is 0 Å². The number of halogens is 1. The van der Waals surface area contributed by atoms with E-state index in [2.05, 4.69) is 0 Å². The first kappa shape index (κ1) is 14.9. The number of nitrogens with two attached hydrogens (primary N) is 2. The van der Waals surface area contributed by atoms with Crippen molar-refractivity contribution >= 4 is 17.7 Å². The molecular formula is C14H12FN3O2S. The Balaban J connectivity index is 2.63. The van der Waals surface area contributed by atoms with Gasteiger partial charge in [-0.25, -0.2) is 9.18 Å². The molecular weight excluding hydrogens is 293 g/mol. The normalized spacial score (nSPS) is 18.4. The van der Waals surface area contributed by atoms with Gasteiger partial charge in [-0.05, 0) is 17.7 Å². The maximum Gasteiger partial charge on any atom is 0.337 e. The van der Waals surface area contributed by atoms with Crippen molar-refractivity contribution in [3.63, 3.8) is 0 Å². The van der Waals surface area contributed by atoms with Gasteiger partial charge in [0.05, 0.1) is 40.3 Å². The van der Waals surface area contributed by atoms with Crippen LogP contribution >= 0.6 is 11.8 Å². The third-order valence-electron chi connectivity index (χ3n) is 3.06. The number of nitriles is 1. The lowest BCUT2D eigenvalue weighted by molar-refractivity contribution is -0.136. The summed E-state index contributed by atoms with van der Waals surface area (Å²) in [6, 6.07) is 7.44. The molecule has 0 amide bonds. The van der Waals surface area contributed by atoms with Crippen molar-refractivity contribution in [2.75, 3.05) is 7.11 Å². The van der Waals surface area contributed by atoms with Crippen molar-refractivity contribution in [3.8, 4) is 6.07 Å². The molecule has 0 saturated heterocycles. The van der Waals surface area contributed by atoms with E-state index in [1.807, 2.05) is 6.07 Å². The molecule has 0 bridgehead atoms. The highest BCUT2D eigenvalue weighted by Crippen LogP contribution is 2.43. The fraction of sp³-hybridized carbons (Fsp3) is 0.143. The van der Waals surface area contributed by atoms with Crippen LogP contribution in [0.3, 0.4) is 0 Å². The quantitative estimate of drug-likeness (QED) is 0.806. The molecule has 7 heteroatoms. The highest BCUT2D eigenvalue weighted by molar-refractivity contribution is 8.06. The van der Waals surface area contributed by atoms with Crippen LogP contribution in [0.2, 0.25) is 0 Å². The maximum absolute atomic E-state index is 13.1. The molecule has 0 unspecified atom stereocenters. The number of rotatable bonds is 2. The summed E-state index contributed by atoms with van der Waals surface area (Å²) in [5, 5.41) is 9.71. The van der Waals surface area contributed by atoms with Crippen molar-refractivity contribution in [1.29, 1.82) is 5.26 Å². The predicted octanol–water partition coefficient (Wildman–Crippen LogP) is 1.69. The van der Waals surface area contributed by atoms with Gasteiger partial charge in [0, 0.05) is 0 Å². The van der Waals surface area contributed by atoms with Crippen LogP contribution in [0.15, 0.2) is 45.5 Å². The topological polar surface area (TPSA) is 102 Å². The molecule has 1 heterocycles. The molecule has 21 heavy (non-hydrogen) atoms. The van der Waals surface area contributed by atoms with E-state index in [1.165, 1.54) is 31.4 Å². The Morgan fingerprint density at radius 3 is 2.48 bits per heavy atom. The average molecular weight is 305 g/mol. The monoisotopic (exact) mass is 305 g/mol. The summed E-state index contributed by atoms with van der Waals surface area (Å²) in [5.74, 6) is -1.82. The average Bonchev–Trinajstić information content (AvgIpc) is 2.46. The first-order chi connectivity index (χ1) is 9.99. The van der Waals surface area contributed by atoms with Gasteiger partial charge in [0.25, 0.3) is 0 Å². The third kappa shape index (κ3) is 2.71. The van der Waals surface area contributed by atoms with E-state index in [-0.39, 0.29) is 21.2 Å². The van der Waals surface area contributed by atoms with Gasteiger partial charge >= 0.3 is 5.97 Å². The van der Waals surface area contributed by atoms with Crippen LogP contribution in [0.1, 0.15) is 11.5 Å². The minimum Gasteiger partial charge on any atom is -0.466 e. The Kier molecular flexibility index (Phi) is 4.19. The largest absolute Gasteiger partial charge is 0.466 e. The standard InChI is InChI=1S/C14H12FN3O2S/c1-20-14(19)11-10(7-2-4-8(15)5-3-7)9(6-16)12(17)21-13(11)18/h2-5,10H,17-18H2,1H3/t10-/m0/s1. The van der Waals surface area contributed by atoms with Gasteiger partial charge in [0.2, 0.25) is 0 Å². The van der Waals surface area contributed by atoms with E-state index >= 15 is 0 Å². The summed E-state index contributed by atoms with van der Waals surface area (Å²) in [5.41, 5.74) is 12.6. The van der Waals surface area contributed by atoms with Gasteiger partial charge < -0.3 is 16.2 Å². The van der Waals surface area contributed by atoms with E-state index in [9.17, 15) is 14.4 Å². The van der Waals surface area contributed by atoms with Gasteiger partial charge in [0.1, 0.15) is 5.82 Å². The highest BCUT2D eigenvalue weighted by atomic mass is 32.2. The summed E-state index contributed by atoms with van der Waals surface area (Å²) in [6.07, 6.45) is 0. The molecule has 1 aliphatic rings. The first-order valence-electron chi connectivity index (χ1n) is 5.90.